The Balaban J connectivity index is 1.88. The third-order valence-electron chi connectivity index (χ3n) is 5.57. The van der Waals surface area contributed by atoms with E-state index in [0.29, 0.717) is 19.4 Å². The van der Waals surface area contributed by atoms with Crippen LogP contribution in [-0.4, -0.2) is 54.0 Å². The maximum Gasteiger partial charge on any atom is 0.486 e. The molecule has 0 spiro atoms. The highest BCUT2D eigenvalue weighted by Gasteiger charge is 2.49. The second-order valence-corrected chi connectivity index (χ2v) is 10.2. The molecule has 0 aliphatic carbocycles. The molecule has 7 nitrogen and oxygen atoms in total. The van der Waals surface area contributed by atoms with Gasteiger partial charge in [-0.25, -0.2) is 4.79 Å². The van der Waals surface area contributed by atoms with E-state index in [4.69, 9.17) is 18.8 Å². The lowest BCUT2D eigenvalue weighted by Crippen LogP contribution is -2.41. The van der Waals surface area contributed by atoms with Gasteiger partial charge < -0.3 is 18.8 Å². The van der Waals surface area contributed by atoms with Crippen LogP contribution < -0.4 is 0 Å². The van der Waals surface area contributed by atoms with Crippen molar-refractivity contribution >= 4 is 19.2 Å². The van der Waals surface area contributed by atoms with Crippen molar-refractivity contribution in [1.29, 1.82) is 0 Å². The lowest BCUT2D eigenvalue weighted by molar-refractivity contribution is -0.155. The average Bonchev–Trinajstić information content (AvgIpc) is 2.90. The van der Waals surface area contributed by atoms with E-state index in [1.807, 2.05) is 70.1 Å². The second-order valence-electron chi connectivity index (χ2n) is 10.2. The van der Waals surface area contributed by atoms with Crippen molar-refractivity contribution in [2.45, 2.75) is 84.7 Å². The molecular weight excluding hydrogens is 421 g/mol. The van der Waals surface area contributed by atoms with Crippen molar-refractivity contribution in [2.75, 3.05) is 13.1 Å². The van der Waals surface area contributed by atoms with Gasteiger partial charge >= 0.3 is 19.2 Å². The van der Waals surface area contributed by atoms with Crippen LogP contribution in [0.3, 0.4) is 0 Å². The van der Waals surface area contributed by atoms with Crippen LogP contribution in [0, 0.1) is 0 Å². The first-order valence-electron chi connectivity index (χ1n) is 11.5. The predicted octanol–water partition coefficient (Wildman–Crippen LogP) is 4.93. The van der Waals surface area contributed by atoms with Gasteiger partial charge in [-0.15, -0.1) is 0 Å². The molecule has 2 rings (SSSR count). The summed E-state index contributed by atoms with van der Waals surface area (Å²) in [4.78, 5) is 26.4. The Kier molecular flexibility index (Phi) is 9.15. The summed E-state index contributed by atoms with van der Waals surface area (Å²) in [5.41, 5.74) is -0.500. The molecule has 1 amide bonds. The Bertz CT molecular complexity index is 800. The van der Waals surface area contributed by atoms with Crippen LogP contribution >= 0.6 is 0 Å². The largest absolute Gasteiger partial charge is 0.486 e. The number of nitrogens with zero attached hydrogens (tertiary/aromatic N) is 1. The minimum atomic E-state index is -0.623. The van der Waals surface area contributed by atoms with E-state index >= 15 is 0 Å². The molecule has 0 radical (unpaired) electrons. The van der Waals surface area contributed by atoms with E-state index in [2.05, 4.69) is 0 Å². The first kappa shape index (κ1) is 26.9. The van der Waals surface area contributed by atoms with Crippen LogP contribution in [0.2, 0.25) is 0 Å². The van der Waals surface area contributed by atoms with Gasteiger partial charge in [0.25, 0.3) is 0 Å². The zero-order valence-corrected chi connectivity index (χ0v) is 21.1. The van der Waals surface area contributed by atoms with E-state index in [-0.39, 0.29) is 24.4 Å². The lowest BCUT2D eigenvalue weighted by atomic mass is 9.89. The molecule has 1 heterocycles. The summed E-state index contributed by atoms with van der Waals surface area (Å²) in [6.45, 7) is 13.8. The fourth-order valence-corrected chi connectivity index (χ4v) is 3.15. The van der Waals surface area contributed by atoms with Crippen molar-refractivity contribution < 1.29 is 28.4 Å². The first-order chi connectivity index (χ1) is 15.3. The Hall–Kier alpha value is -2.32. The van der Waals surface area contributed by atoms with Crippen molar-refractivity contribution in [2.24, 2.45) is 0 Å². The van der Waals surface area contributed by atoms with Crippen LogP contribution in [0.25, 0.3) is 0 Å². The maximum atomic E-state index is 12.7. The van der Waals surface area contributed by atoms with Gasteiger partial charge in [-0.2, -0.15) is 0 Å². The molecule has 0 bridgehead atoms. The molecule has 1 fully saturated rings. The summed E-state index contributed by atoms with van der Waals surface area (Å²) in [7, 11) is -0.399. The van der Waals surface area contributed by atoms with Crippen molar-refractivity contribution in [3.05, 3.63) is 47.9 Å². The number of hydrogen-bond donors (Lipinski definition) is 0. The molecule has 1 aliphatic rings. The first-order valence-corrected chi connectivity index (χ1v) is 11.5. The average molecular weight is 459 g/mol. The summed E-state index contributed by atoms with van der Waals surface area (Å²) < 4.78 is 22.7. The normalized spacial score (nSPS) is 17.2. The molecule has 1 aromatic rings. The fourth-order valence-electron chi connectivity index (χ4n) is 3.15. The number of carbonyl (C=O) groups is 2. The molecule has 0 atom stereocenters. The van der Waals surface area contributed by atoms with E-state index in [1.165, 1.54) is 4.90 Å². The highest BCUT2D eigenvalue weighted by Crippen LogP contribution is 2.36. The number of esters is 1. The van der Waals surface area contributed by atoms with Crippen LogP contribution in [0.4, 0.5) is 4.79 Å². The number of amides is 1. The molecule has 1 aliphatic heterocycles. The topological polar surface area (TPSA) is 74.3 Å². The molecule has 0 saturated carbocycles. The van der Waals surface area contributed by atoms with E-state index in [0.717, 1.165) is 5.56 Å². The number of allylic oxidation sites excluding steroid dienone is 1. The third kappa shape index (κ3) is 8.86. The molecule has 0 N–H and O–H groups in total. The van der Waals surface area contributed by atoms with Crippen LogP contribution in [0.1, 0.15) is 66.9 Å². The third-order valence-corrected chi connectivity index (χ3v) is 5.57. The summed E-state index contributed by atoms with van der Waals surface area (Å²) in [6.07, 6.45) is 2.78. The van der Waals surface area contributed by atoms with Gasteiger partial charge in [-0.05, 0) is 66.9 Å². The number of carbonyl (C=O) groups excluding carboxylic acids is 2. The fraction of sp³-hybridized carbons (Fsp3) is 0.600. The summed E-state index contributed by atoms with van der Waals surface area (Å²) in [5.74, 6) is 1.43. The zero-order chi connectivity index (χ0) is 24.7. The van der Waals surface area contributed by atoms with Gasteiger partial charge in [0.2, 0.25) is 0 Å². The van der Waals surface area contributed by atoms with Crippen LogP contribution in [0.15, 0.2) is 42.4 Å². The van der Waals surface area contributed by atoms with Crippen LogP contribution in [-0.2, 0) is 30.2 Å². The molecule has 0 aromatic heterocycles. The zero-order valence-electron chi connectivity index (χ0n) is 21.1. The van der Waals surface area contributed by atoms with E-state index < -0.39 is 24.8 Å². The van der Waals surface area contributed by atoms with E-state index in [9.17, 15) is 9.59 Å². The monoisotopic (exact) mass is 459 g/mol. The van der Waals surface area contributed by atoms with Gasteiger partial charge in [0.1, 0.15) is 18.8 Å². The number of benzene rings is 1. The Morgan fingerprint density at radius 3 is 2.24 bits per heavy atom. The number of ether oxygens (including phenoxy) is 2. The predicted molar refractivity (Wildman–Crippen MR) is 129 cm³/mol. The van der Waals surface area contributed by atoms with Gasteiger partial charge in [0, 0.05) is 6.54 Å². The molecule has 1 aromatic carbocycles. The maximum absolute atomic E-state index is 12.7. The van der Waals surface area contributed by atoms with Crippen molar-refractivity contribution in [1.82, 2.24) is 4.90 Å². The Morgan fingerprint density at radius 1 is 1.06 bits per heavy atom. The SMILES string of the molecule is CC(C)(C)OC(=O)CN(CCC/C=C/B1OC(C)(C)C(C)(C)O1)C(=O)OCc1ccccc1. The van der Waals surface area contributed by atoms with Crippen LogP contribution in [0.5, 0.6) is 0 Å². The molecule has 182 valence electrons. The number of unbranched alkanes of at least 4 members (excludes halogenated alkanes) is 1. The molecule has 8 heteroatoms. The minimum absolute atomic E-state index is 0.145. The molecule has 33 heavy (non-hydrogen) atoms. The number of hydrogen-bond acceptors (Lipinski definition) is 6. The van der Waals surface area contributed by atoms with Crippen molar-refractivity contribution in [3.8, 4) is 0 Å². The number of rotatable bonds is 9. The Labute approximate surface area is 198 Å². The van der Waals surface area contributed by atoms with Gasteiger partial charge in [-0.3, -0.25) is 9.69 Å². The van der Waals surface area contributed by atoms with Gasteiger partial charge in [0.15, 0.2) is 0 Å². The minimum Gasteiger partial charge on any atom is -0.459 e. The lowest BCUT2D eigenvalue weighted by Gasteiger charge is -2.32. The molecule has 1 saturated heterocycles. The highest BCUT2D eigenvalue weighted by atomic mass is 16.7. The summed E-state index contributed by atoms with van der Waals surface area (Å²) >= 11 is 0. The standard InChI is InChI=1S/C25H38BNO6/c1-23(2,3)31-21(28)18-27(22(29)30-19-20-14-10-8-11-15-20)17-13-9-12-16-26-32-24(4,5)25(6,7)33-26/h8,10-12,14-16H,9,13,17-19H2,1-7H3/b16-12+. The smallest absolute Gasteiger partial charge is 0.459 e. The quantitative estimate of drug-likeness (QED) is 0.296. The van der Waals surface area contributed by atoms with Crippen molar-refractivity contribution in [3.63, 3.8) is 0 Å². The highest BCUT2D eigenvalue weighted by molar-refractivity contribution is 6.51. The molecular formula is C25H38BNO6. The second kappa shape index (κ2) is 11.2. The van der Waals surface area contributed by atoms with Gasteiger partial charge in [-0.1, -0.05) is 42.4 Å². The van der Waals surface area contributed by atoms with Gasteiger partial charge in [0.05, 0.1) is 11.2 Å². The molecule has 0 unspecified atom stereocenters. The Morgan fingerprint density at radius 2 is 1.67 bits per heavy atom. The summed E-state index contributed by atoms with van der Waals surface area (Å²) in [5, 5.41) is 0. The summed E-state index contributed by atoms with van der Waals surface area (Å²) in [6, 6.07) is 9.43. The van der Waals surface area contributed by atoms with E-state index in [1.54, 1.807) is 20.8 Å².